The number of unbranched alkanes of at least 4 members (excludes halogenated alkanes) is 3. The van der Waals surface area contributed by atoms with Crippen LogP contribution in [0.15, 0.2) is 0 Å². The smallest absolute Gasteiger partial charge is 0.232 e. The van der Waals surface area contributed by atoms with Gasteiger partial charge < -0.3 is 5.11 Å². The van der Waals surface area contributed by atoms with Gasteiger partial charge in [0.05, 0.1) is 0 Å². The van der Waals surface area contributed by atoms with E-state index >= 15 is 0 Å². The monoisotopic (exact) mass is 227 g/mol. The van der Waals surface area contributed by atoms with Crippen molar-refractivity contribution in [2.45, 2.75) is 39.5 Å². The third kappa shape index (κ3) is 2.82. The molecular formula is C12H21NO3. The van der Waals surface area contributed by atoms with Gasteiger partial charge in [-0.3, -0.25) is 14.5 Å². The first-order chi connectivity index (χ1) is 7.59. The molecule has 2 amide bonds. The summed E-state index contributed by atoms with van der Waals surface area (Å²) < 4.78 is 0. The molecule has 0 radical (unpaired) electrons. The van der Waals surface area contributed by atoms with Crippen LogP contribution in [0.5, 0.6) is 0 Å². The van der Waals surface area contributed by atoms with Crippen molar-refractivity contribution in [3.8, 4) is 0 Å². The van der Waals surface area contributed by atoms with Crippen molar-refractivity contribution in [1.82, 2.24) is 4.90 Å². The van der Waals surface area contributed by atoms with Crippen molar-refractivity contribution in [2.75, 3.05) is 13.2 Å². The van der Waals surface area contributed by atoms with Gasteiger partial charge in [-0.1, -0.05) is 26.7 Å². The minimum absolute atomic E-state index is 0.0281. The van der Waals surface area contributed by atoms with Gasteiger partial charge in [-0.05, 0) is 12.8 Å². The average molecular weight is 227 g/mol. The van der Waals surface area contributed by atoms with Crippen molar-refractivity contribution in [3.05, 3.63) is 0 Å². The molecule has 0 aromatic rings. The van der Waals surface area contributed by atoms with Crippen LogP contribution in [0, 0.1) is 11.8 Å². The summed E-state index contributed by atoms with van der Waals surface area (Å²) in [7, 11) is 0. The molecule has 4 heteroatoms. The Balaban J connectivity index is 2.32. The van der Waals surface area contributed by atoms with E-state index < -0.39 is 0 Å². The fraction of sp³-hybridized carbons (Fsp3) is 0.833. The molecule has 1 fully saturated rings. The van der Waals surface area contributed by atoms with E-state index in [9.17, 15) is 9.59 Å². The lowest BCUT2D eigenvalue weighted by atomic mass is 10.00. The molecule has 0 aromatic heterocycles. The largest absolute Gasteiger partial charge is 0.396 e. The van der Waals surface area contributed by atoms with E-state index in [0.717, 1.165) is 25.7 Å². The number of carbonyl (C=O) groups excluding carboxylic acids is 2. The van der Waals surface area contributed by atoms with Gasteiger partial charge in [-0.15, -0.1) is 0 Å². The Hall–Kier alpha value is -0.900. The molecule has 0 unspecified atom stereocenters. The zero-order valence-electron chi connectivity index (χ0n) is 10.1. The molecule has 1 aliphatic rings. The first-order valence-corrected chi connectivity index (χ1v) is 6.05. The molecule has 0 bridgehead atoms. The minimum Gasteiger partial charge on any atom is -0.396 e. The van der Waals surface area contributed by atoms with Crippen LogP contribution < -0.4 is 0 Å². The number of hydrogen-bond donors (Lipinski definition) is 1. The highest BCUT2D eigenvalue weighted by molar-refractivity contribution is 6.04. The number of imide groups is 1. The number of carbonyl (C=O) groups is 2. The molecule has 16 heavy (non-hydrogen) atoms. The van der Waals surface area contributed by atoms with Crippen molar-refractivity contribution in [3.63, 3.8) is 0 Å². The van der Waals surface area contributed by atoms with Gasteiger partial charge in [0.2, 0.25) is 11.8 Å². The van der Waals surface area contributed by atoms with Crippen molar-refractivity contribution < 1.29 is 14.7 Å². The van der Waals surface area contributed by atoms with Crippen LogP contribution in [-0.2, 0) is 9.59 Å². The quantitative estimate of drug-likeness (QED) is 0.547. The highest BCUT2D eigenvalue weighted by atomic mass is 16.3. The van der Waals surface area contributed by atoms with E-state index in [-0.39, 0.29) is 30.3 Å². The third-order valence-electron chi connectivity index (χ3n) is 3.35. The molecule has 0 spiro atoms. The van der Waals surface area contributed by atoms with Gasteiger partial charge >= 0.3 is 0 Å². The summed E-state index contributed by atoms with van der Waals surface area (Å²) in [5.74, 6) is -0.380. The lowest BCUT2D eigenvalue weighted by Crippen LogP contribution is -2.31. The van der Waals surface area contributed by atoms with Gasteiger partial charge in [-0.25, -0.2) is 0 Å². The predicted molar refractivity (Wildman–Crippen MR) is 60.6 cm³/mol. The number of hydrogen-bond acceptors (Lipinski definition) is 3. The summed E-state index contributed by atoms with van der Waals surface area (Å²) in [6, 6.07) is 0. The number of rotatable bonds is 6. The first kappa shape index (κ1) is 13.2. The molecule has 1 rings (SSSR count). The molecule has 92 valence electrons. The van der Waals surface area contributed by atoms with Crippen LogP contribution in [0.2, 0.25) is 0 Å². The van der Waals surface area contributed by atoms with Crippen LogP contribution in [-0.4, -0.2) is 35.0 Å². The van der Waals surface area contributed by atoms with Crippen molar-refractivity contribution >= 4 is 11.8 Å². The highest BCUT2D eigenvalue weighted by Gasteiger charge is 2.41. The topological polar surface area (TPSA) is 57.6 Å². The maximum atomic E-state index is 11.7. The number of amides is 2. The summed E-state index contributed by atoms with van der Waals surface area (Å²) in [6.07, 6.45) is 3.56. The average Bonchev–Trinajstić information content (AvgIpc) is 2.46. The lowest BCUT2D eigenvalue weighted by Gasteiger charge is -2.13. The van der Waals surface area contributed by atoms with Gasteiger partial charge in [0.25, 0.3) is 0 Å². The molecule has 0 aliphatic carbocycles. The van der Waals surface area contributed by atoms with Crippen molar-refractivity contribution in [2.24, 2.45) is 11.8 Å². The molecule has 1 saturated heterocycles. The Morgan fingerprint density at radius 1 is 1.00 bits per heavy atom. The minimum atomic E-state index is -0.162. The second kappa shape index (κ2) is 5.99. The normalized spacial score (nSPS) is 25.6. The van der Waals surface area contributed by atoms with E-state index in [1.54, 1.807) is 0 Å². The van der Waals surface area contributed by atoms with E-state index in [0.29, 0.717) is 6.54 Å². The van der Waals surface area contributed by atoms with Crippen LogP contribution in [0.3, 0.4) is 0 Å². The van der Waals surface area contributed by atoms with Crippen LogP contribution in [0.25, 0.3) is 0 Å². The summed E-state index contributed by atoms with van der Waals surface area (Å²) in [5, 5.41) is 8.61. The zero-order valence-corrected chi connectivity index (χ0v) is 10.1. The Bertz CT molecular complexity index is 245. The standard InChI is InChI=1S/C12H21NO3/c1-9-10(2)12(16)13(11(9)15)7-5-3-4-6-8-14/h9-10,14H,3-8H2,1-2H3/t9-,10-/m0/s1. The van der Waals surface area contributed by atoms with E-state index in [4.69, 9.17) is 5.11 Å². The second-order valence-electron chi connectivity index (χ2n) is 4.54. The molecule has 4 nitrogen and oxygen atoms in total. The number of likely N-dealkylation sites (tertiary alicyclic amines) is 1. The number of aliphatic hydroxyl groups excluding tert-OH is 1. The van der Waals surface area contributed by atoms with Crippen LogP contribution in [0.1, 0.15) is 39.5 Å². The first-order valence-electron chi connectivity index (χ1n) is 6.05. The van der Waals surface area contributed by atoms with E-state index in [1.807, 2.05) is 13.8 Å². The second-order valence-corrected chi connectivity index (χ2v) is 4.54. The Kier molecular flexibility index (Phi) is 4.93. The summed E-state index contributed by atoms with van der Waals surface area (Å²) in [6.45, 7) is 4.39. The summed E-state index contributed by atoms with van der Waals surface area (Å²) in [5.41, 5.74) is 0. The summed E-state index contributed by atoms with van der Waals surface area (Å²) in [4.78, 5) is 24.8. The Labute approximate surface area is 96.6 Å². The van der Waals surface area contributed by atoms with Gasteiger partial charge in [0, 0.05) is 25.0 Å². The van der Waals surface area contributed by atoms with Gasteiger partial charge in [-0.2, -0.15) is 0 Å². The SMILES string of the molecule is C[C@@H]1C(=O)N(CCCCCCO)C(=O)[C@H]1C. The van der Waals surface area contributed by atoms with Crippen LogP contribution in [0.4, 0.5) is 0 Å². The fourth-order valence-electron chi connectivity index (χ4n) is 1.98. The lowest BCUT2D eigenvalue weighted by molar-refractivity contribution is -0.139. The van der Waals surface area contributed by atoms with E-state index in [2.05, 4.69) is 0 Å². The Morgan fingerprint density at radius 3 is 2.00 bits per heavy atom. The number of nitrogens with zero attached hydrogens (tertiary/aromatic N) is 1. The van der Waals surface area contributed by atoms with E-state index in [1.165, 1.54) is 4.90 Å². The van der Waals surface area contributed by atoms with Crippen LogP contribution >= 0.6 is 0 Å². The summed E-state index contributed by atoms with van der Waals surface area (Å²) >= 11 is 0. The Morgan fingerprint density at radius 2 is 1.50 bits per heavy atom. The van der Waals surface area contributed by atoms with Crippen molar-refractivity contribution in [1.29, 1.82) is 0 Å². The molecular weight excluding hydrogens is 206 g/mol. The molecule has 1 N–H and O–H groups in total. The molecule has 0 aromatic carbocycles. The third-order valence-corrected chi connectivity index (χ3v) is 3.35. The molecule has 1 heterocycles. The zero-order chi connectivity index (χ0) is 12.1. The maximum absolute atomic E-state index is 11.7. The number of aliphatic hydroxyl groups is 1. The fourth-order valence-corrected chi connectivity index (χ4v) is 1.98. The maximum Gasteiger partial charge on any atom is 0.232 e. The molecule has 0 saturated carbocycles. The van der Waals surface area contributed by atoms with Gasteiger partial charge in [0.15, 0.2) is 0 Å². The van der Waals surface area contributed by atoms with Gasteiger partial charge in [0.1, 0.15) is 0 Å². The predicted octanol–water partition coefficient (Wildman–Crippen LogP) is 1.18. The highest BCUT2D eigenvalue weighted by Crippen LogP contribution is 2.25. The molecule has 2 atom stereocenters. The molecule has 1 aliphatic heterocycles.